The van der Waals surface area contributed by atoms with E-state index in [1.807, 2.05) is 19.9 Å². The van der Waals surface area contributed by atoms with Crippen molar-refractivity contribution in [3.05, 3.63) is 33.8 Å². The molecule has 1 aliphatic carbocycles. The summed E-state index contributed by atoms with van der Waals surface area (Å²) in [6.45, 7) is 3.71. The van der Waals surface area contributed by atoms with Gasteiger partial charge in [-0.25, -0.2) is 0 Å². The number of hydrogen-bond acceptors (Lipinski definition) is 3. The Morgan fingerprint density at radius 2 is 2.22 bits per heavy atom. The summed E-state index contributed by atoms with van der Waals surface area (Å²) >= 11 is 3.58. The minimum atomic E-state index is -0.663. The van der Waals surface area contributed by atoms with Crippen LogP contribution in [0.2, 0.25) is 0 Å². The number of methoxy groups -OCH3 is 1. The largest absolute Gasteiger partial charge is 0.468 e. The van der Waals surface area contributed by atoms with Gasteiger partial charge in [0.25, 0.3) is 0 Å². The first-order valence-electron chi connectivity index (χ1n) is 6.09. The predicted molar refractivity (Wildman–Crippen MR) is 74.4 cm³/mol. The third-order valence-corrected chi connectivity index (χ3v) is 4.19. The molecule has 2 rings (SSSR count). The summed E-state index contributed by atoms with van der Waals surface area (Å²) in [5, 5.41) is 3.39. The van der Waals surface area contributed by atoms with Crippen LogP contribution in [0.5, 0.6) is 0 Å². The fourth-order valence-corrected chi connectivity index (χ4v) is 3.09. The van der Waals surface area contributed by atoms with E-state index in [0.29, 0.717) is 0 Å². The maximum Gasteiger partial charge on any atom is 0.325 e. The van der Waals surface area contributed by atoms with Crippen molar-refractivity contribution >= 4 is 21.9 Å². The van der Waals surface area contributed by atoms with Gasteiger partial charge in [0.1, 0.15) is 5.54 Å². The van der Waals surface area contributed by atoms with E-state index in [-0.39, 0.29) is 12.0 Å². The van der Waals surface area contributed by atoms with Crippen molar-refractivity contribution in [1.82, 2.24) is 5.32 Å². The second-order valence-corrected chi connectivity index (χ2v) is 6.01. The Kier molecular flexibility index (Phi) is 3.78. The number of benzene rings is 1. The van der Waals surface area contributed by atoms with Crippen LogP contribution in [0.3, 0.4) is 0 Å². The van der Waals surface area contributed by atoms with E-state index < -0.39 is 5.54 Å². The van der Waals surface area contributed by atoms with Crippen molar-refractivity contribution in [3.8, 4) is 0 Å². The third-order valence-electron chi connectivity index (χ3n) is 3.44. The molecule has 0 spiro atoms. The molecule has 0 saturated carbocycles. The summed E-state index contributed by atoms with van der Waals surface area (Å²) in [7, 11) is 1.42. The van der Waals surface area contributed by atoms with Crippen LogP contribution >= 0.6 is 15.9 Å². The summed E-state index contributed by atoms with van der Waals surface area (Å²) in [5.41, 5.74) is 1.96. The summed E-state index contributed by atoms with van der Waals surface area (Å²) in [5.74, 6) is -0.231. The van der Waals surface area contributed by atoms with Crippen LogP contribution in [-0.2, 0) is 16.0 Å². The van der Waals surface area contributed by atoms with Gasteiger partial charge in [0.2, 0.25) is 0 Å². The fraction of sp³-hybridized carbons (Fsp3) is 0.500. The highest BCUT2D eigenvalue weighted by Crippen LogP contribution is 2.36. The van der Waals surface area contributed by atoms with E-state index in [2.05, 4.69) is 33.4 Å². The lowest BCUT2D eigenvalue weighted by atomic mass is 10.0. The normalized spacial score (nSPS) is 18.6. The van der Waals surface area contributed by atoms with E-state index in [1.165, 1.54) is 18.2 Å². The Morgan fingerprint density at radius 1 is 1.50 bits per heavy atom. The van der Waals surface area contributed by atoms with Crippen LogP contribution < -0.4 is 5.32 Å². The number of nitrogens with one attached hydrogen (secondary N) is 1. The van der Waals surface area contributed by atoms with Crippen LogP contribution in [0.25, 0.3) is 0 Å². The van der Waals surface area contributed by atoms with Gasteiger partial charge in [-0.1, -0.05) is 28.1 Å². The van der Waals surface area contributed by atoms with Crippen molar-refractivity contribution in [2.24, 2.45) is 0 Å². The number of carbonyl (C=O) groups excluding carboxylic acids is 1. The molecule has 0 bridgehead atoms. The summed E-state index contributed by atoms with van der Waals surface area (Å²) in [4.78, 5) is 11.7. The number of fused-ring (bicyclic) bond motifs is 1. The Morgan fingerprint density at radius 3 is 2.89 bits per heavy atom. The summed E-state index contributed by atoms with van der Waals surface area (Å²) in [6, 6.07) is 6.44. The van der Waals surface area contributed by atoms with Crippen LogP contribution in [0, 0.1) is 0 Å². The lowest BCUT2D eigenvalue weighted by Crippen LogP contribution is -2.48. The van der Waals surface area contributed by atoms with Crippen LogP contribution in [0.1, 0.15) is 37.4 Å². The number of carbonyl (C=O) groups is 1. The Hall–Kier alpha value is -0.870. The molecule has 18 heavy (non-hydrogen) atoms. The average Bonchev–Trinajstić information content (AvgIpc) is 2.72. The van der Waals surface area contributed by atoms with Crippen LogP contribution in [0.4, 0.5) is 0 Å². The standard InChI is InChI=1S/C14H18BrNO2/c1-14(2,13(17)18-3)16-12-8-7-9-10(12)5-4-6-11(9)15/h4-6,12,16H,7-8H2,1-3H3. The molecule has 1 atom stereocenters. The minimum Gasteiger partial charge on any atom is -0.468 e. The van der Waals surface area contributed by atoms with E-state index in [9.17, 15) is 4.79 Å². The van der Waals surface area contributed by atoms with E-state index >= 15 is 0 Å². The van der Waals surface area contributed by atoms with Gasteiger partial charge in [-0.15, -0.1) is 0 Å². The van der Waals surface area contributed by atoms with E-state index in [4.69, 9.17) is 4.74 Å². The lowest BCUT2D eigenvalue weighted by molar-refractivity contribution is -0.147. The van der Waals surface area contributed by atoms with Gasteiger partial charge >= 0.3 is 5.97 Å². The maximum absolute atomic E-state index is 11.7. The number of rotatable bonds is 3. The maximum atomic E-state index is 11.7. The molecule has 1 unspecified atom stereocenters. The molecule has 1 N–H and O–H groups in total. The highest BCUT2D eigenvalue weighted by molar-refractivity contribution is 9.10. The first-order chi connectivity index (χ1) is 8.45. The first-order valence-corrected chi connectivity index (χ1v) is 6.88. The molecule has 0 heterocycles. The van der Waals surface area contributed by atoms with Crippen molar-refractivity contribution < 1.29 is 9.53 Å². The fourth-order valence-electron chi connectivity index (χ4n) is 2.51. The van der Waals surface area contributed by atoms with E-state index in [1.54, 1.807) is 0 Å². The van der Waals surface area contributed by atoms with Crippen LogP contribution in [-0.4, -0.2) is 18.6 Å². The van der Waals surface area contributed by atoms with Gasteiger partial charge in [0.05, 0.1) is 7.11 Å². The van der Waals surface area contributed by atoms with Gasteiger partial charge in [-0.2, -0.15) is 0 Å². The van der Waals surface area contributed by atoms with Gasteiger partial charge in [-0.05, 0) is 43.9 Å². The molecule has 3 nitrogen and oxygen atoms in total. The third kappa shape index (κ3) is 2.45. The molecule has 98 valence electrons. The Balaban J connectivity index is 2.20. The Labute approximate surface area is 116 Å². The predicted octanol–water partition coefficient (Wildman–Crippen LogP) is 2.98. The molecule has 0 fully saturated rings. The van der Waals surface area contributed by atoms with Gasteiger partial charge in [-0.3, -0.25) is 10.1 Å². The Bertz CT molecular complexity index is 471. The highest BCUT2D eigenvalue weighted by atomic mass is 79.9. The smallest absolute Gasteiger partial charge is 0.325 e. The van der Waals surface area contributed by atoms with Gasteiger partial charge < -0.3 is 4.74 Å². The molecular formula is C14H18BrNO2. The molecule has 1 aliphatic rings. The number of halogens is 1. The summed E-state index contributed by atoms with van der Waals surface area (Å²) < 4.78 is 5.98. The topological polar surface area (TPSA) is 38.3 Å². The van der Waals surface area contributed by atoms with Crippen molar-refractivity contribution in [2.45, 2.75) is 38.3 Å². The van der Waals surface area contributed by atoms with Gasteiger partial charge in [0, 0.05) is 10.5 Å². The molecule has 0 aliphatic heterocycles. The quantitative estimate of drug-likeness (QED) is 0.872. The molecular weight excluding hydrogens is 294 g/mol. The lowest BCUT2D eigenvalue weighted by Gasteiger charge is -2.27. The molecule has 1 aromatic rings. The molecule has 0 radical (unpaired) electrons. The second-order valence-electron chi connectivity index (χ2n) is 5.16. The molecule has 0 aromatic heterocycles. The SMILES string of the molecule is COC(=O)C(C)(C)NC1CCc2c(Br)cccc21. The second kappa shape index (κ2) is 5.02. The van der Waals surface area contributed by atoms with Gasteiger partial charge in [0.15, 0.2) is 0 Å². The molecule has 4 heteroatoms. The molecule has 0 amide bonds. The zero-order chi connectivity index (χ0) is 13.3. The van der Waals surface area contributed by atoms with Crippen molar-refractivity contribution in [1.29, 1.82) is 0 Å². The summed E-state index contributed by atoms with van der Waals surface area (Å²) in [6.07, 6.45) is 2.05. The number of esters is 1. The zero-order valence-electron chi connectivity index (χ0n) is 10.9. The number of ether oxygens (including phenoxy) is 1. The van der Waals surface area contributed by atoms with E-state index in [0.717, 1.165) is 17.3 Å². The zero-order valence-corrected chi connectivity index (χ0v) is 12.5. The minimum absolute atomic E-state index is 0.214. The van der Waals surface area contributed by atoms with Crippen molar-refractivity contribution in [3.63, 3.8) is 0 Å². The monoisotopic (exact) mass is 311 g/mol. The average molecular weight is 312 g/mol. The molecule has 1 aromatic carbocycles. The number of hydrogen-bond donors (Lipinski definition) is 1. The first kappa shape index (κ1) is 13.6. The van der Waals surface area contributed by atoms with Crippen molar-refractivity contribution in [2.75, 3.05) is 7.11 Å². The molecule has 0 saturated heterocycles. The van der Waals surface area contributed by atoms with Crippen LogP contribution in [0.15, 0.2) is 22.7 Å². The highest BCUT2D eigenvalue weighted by Gasteiger charge is 2.34.